The number of rotatable bonds is 4. The number of nitrogens with zero attached hydrogens (tertiary/aromatic N) is 1. The van der Waals surface area contributed by atoms with E-state index >= 15 is 0 Å². The van der Waals surface area contributed by atoms with Crippen LogP contribution < -0.4 is 0 Å². The fraction of sp³-hybridized carbons (Fsp3) is 0.200. The standard InChI is InChI=1S/C15H11ClF3NO/c1-15(14(16)21,7-9-3-2-6-20-8-9)10-4-5-11(17)13(19)12(10)18/h2-6,8H,7H2,1H3. The summed E-state index contributed by atoms with van der Waals surface area (Å²) in [6, 6.07) is 5.14. The van der Waals surface area contributed by atoms with E-state index in [1.165, 1.54) is 13.1 Å². The third-order valence-electron chi connectivity index (χ3n) is 3.34. The molecule has 2 rings (SSSR count). The molecular weight excluding hydrogens is 303 g/mol. The molecule has 2 nitrogen and oxygen atoms in total. The molecule has 21 heavy (non-hydrogen) atoms. The van der Waals surface area contributed by atoms with Crippen molar-refractivity contribution in [2.45, 2.75) is 18.8 Å². The molecule has 6 heteroatoms. The predicted molar refractivity (Wildman–Crippen MR) is 72.5 cm³/mol. The molecule has 0 fully saturated rings. The number of pyridine rings is 1. The molecule has 0 amide bonds. The Kier molecular flexibility index (Phi) is 4.32. The van der Waals surface area contributed by atoms with Crippen molar-refractivity contribution >= 4 is 16.8 Å². The molecule has 2 aromatic rings. The Morgan fingerprint density at radius 1 is 1.24 bits per heavy atom. The molecule has 0 aliphatic rings. The highest BCUT2D eigenvalue weighted by Crippen LogP contribution is 2.33. The van der Waals surface area contributed by atoms with Gasteiger partial charge in [0.15, 0.2) is 17.5 Å². The molecule has 0 saturated heterocycles. The number of carbonyl (C=O) groups excluding carboxylic acids is 1. The molecule has 1 atom stereocenters. The van der Waals surface area contributed by atoms with Crippen molar-refractivity contribution < 1.29 is 18.0 Å². The quantitative estimate of drug-likeness (QED) is 0.635. The van der Waals surface area contributed by atoms with Gasteiger partial charge in [0, 0.05) is 18.0 Å². The third-order valence-corrected chi connectivity index (χ3v) is 3.76. The van der Waals surface area contributed by atoms with Gasteiger partial charge in [-0.25, -0.2) is 13.2 Å². The van der Waals surface area contributed by atoms with E-state index in [4.69, 9.17) is 11.6 Å². The highest BCUT2D eigenvalue weighted by Gasteiger charge is 2.38. The minimum Gasteiger partial charge on any atom is -0.280 e. The average Bonchev–Trinajstić information content (AvgIpc) is 2.45. The number of hydrogen-bond donors (Lipinski definition) is 0. The first-order valence-corrected chi connectivity index (χ1v) is 6.47. The Balaban J connectivity index is 2.53. The van der Waals surface area contributed by atoms with Gasteiger partial charge in [-0.15, -0.1) is 0 Å². The molecule has 1 aromatic carbocycles. The van der Waals surface area contributed by atoms with Crippen LogP contribution in [0.4, 0.5) is 13.2 Å². The van der Waals surface area contributed by atoms with E-state index in [1.807, 2.05) is 0 Å². The molecule has 0 bridgehead atoms. The van der Waals surface area contributed by atoms with E-state index in [0.717, 1.165) is 12.1 Å². The van der Waals surface area contributed by atoms with Crippen LogP contribution in [-0.2, 0) is 16.6 Å². The minimum absolute atomic E-state index is 0.0190. The first-order valence-electron chi connectivity index (χ1n) is 6.09. The van der Waals surface area contributed by atoms with Gasteiger partial charge in [-0.05, 0) is 42.6 Å². The van der Waals surface area contributed by atoms with Crippen LogP contribution in [0.2, 0.25) is 0 Å². The summed E-state index contributed by atoms with van der Waals surface area (Å²) < 4.78 is 40.4. The van der Waals surface area contributed by atoms with Crippen molar-refractivity contribution in [3.05, 3.63) is 65.2 Å². The Labute approximate surface area is 124 Å². The van der Waals surface area contributed by atoms with E-state index in [2.05, 4.69) is 4.98 Å². The van der Waals surface area contributed by atoms with E-state index < -0.39 is 28.1 Å². The highest BCUT2D eigenvalue weighted by molar-refractivity contribution is 6.65. The summed E-state index contributed by atoms with van der Waals surface area (Å²) in [7, 11) is 0. The lowest BCUT2D eigenvalue weighted by Gasteiger charge is -2.26. The van der Waals surface area contributed by atoms with Crippen molar-refractivity contribution in [3.63, 3.8) is 0 Å². The van der Waals surface area contributed by atoms with Crippen molar-refractivity contribution in [2.75, 3.05) is 0 Å². The summed E-state index contributed by atoms with van der Waals surface area (Å²) in [5.74, 6) is -4.35. The number of hydrogen-bond acceptors (Lipinski definition) is 2. The maximum atomic E-state index is 14.0. The van der Waals surface area contributed by atoms with Crippen LogP contribution in [0.1, 0.15) is 18.1 Å². The third kappa shape index (κ3) is 2.93. The first kappa shape index (κ1) is 15.5. The van der Waals surface area contributed by atoms with Gasteiger partial charge in [0.05, 0.1) is 5.41 Å². The van der Waals surface area contributed by atoms with Gasteiger partial charge < -0.3 is 0 Å². The summed E-state index contributed by atoms with van der Waals surface area (Å²) in [4.78, 5) is 15.7. The number of aromatic nitrogens is 1. The van der Waals surface area contributed by atoms with Crippen molar-refractivity contribution in [1.29, 1.82) is 0 Å². The van der Waals surface area contributed by atoms with Crippen molar-refractivity contribution in [2.24, 2.45) is 0 Å². The van der Waals surface area contributed by atoms with Gasteiger partial charge in [0.25, 0.3) is 0 Å². The van der Waals surface area contributed by atoms with Crippen LogP contribution in [0.15, 0.2) is 36.7 Å². The lowest BCUT2D eigenvalue weighted by Crippen LogP contribution is -2.33. The van der Waals surface area contributed by atoms with Gasteiger partial charge in [-0.3, -0.25) is 9.78 Å². The molecular formula is C15H11ClF3NO. The molecule has 1 aromatic heterocycles. The normalized spacial score (nSPS) is 13.8. The maximum absolute atomic E-state index is 14.0. The zero-order valence-electron chi connectivity index (χ0n) is 11.0. The van der Waals surface area contributed by atoms with Gasteiger partial charge in [0.2, 0.25) is 5.24 Å². The monoisotopic (exact) mass is 313 g/mol. The second-order valence-electron chi connectivity index (χ2n) is 4.87. The molecule has 0 saturated carbocycles. The summed E-state index contributed by atoms with van der Waals surface area (Å²) in [6.07, 6.45) is 3.06. The molecule has 0 spiro atoms. The molecule has 0 radical (unpaired) electrons. The predicted octanol–water partition coefficient (Wildman–Crippen LogP) is 3.76. The zero-order valence-corrected chi connectivity index (χ0v) is 11.8. The summed E-state index contributed by atoms with van der Waals surface area (Å²) in [5, 5.41) is -0.865. The summed E-state index contributed by atoms with van der Waals surface area (Å²) in [5.41, 5.74) is -1.19. The Morgan fingerprint density at radius 3 is 2.52 bits per heavy atom. The lowest BCUT2D eigenvalue weighted by atomic mass is 9.78. The lowest BCUT2D eigenvalue weighted by molar-refractivity contribution is -0.116. The van der Waals surface area contributed by atoms with Crippen LogP contribution in [0.3, 0.4) is 0 Å². The van der Waals surface area contributed by atoms with Crippen molar-refractivity contribution in [3.8, 4) is 0 Å². The average molecular weight is 314 g/mol. The Bertz CT molecular complexity index is 678. The van der Waals surface area contributed by atoms with Crippen LogP contribution in [0.25, 0.3) is 0 Å². The molecule has 0 aliphatic heterocycles. The van der Waals surface area contributed by atoms with Crippen molar-refractivity contribution in [1.82, 2.24) is 4.98 Å². The second-order valence-corrected chi connectivity index (χ2v) is 5.21. The fourth-order valence-corrected chi connectivity index (χ4v) is 2.30. The maximum Gasteiger partial charge on any atom is 0.232 e. The fourth-order valence-electron chi connectivity index (χ4n) is 2.13. The van der Waals surface area contributed by atoms with Gasteiger partial charge in [-0.1, -0.05) is 12.1 Å². The van der Waals surface area contributed by atoms with Crippen LogP contribution in [0.5, 0.6) is 0 Å². The zero-order chi connectivity index (χ0) is 15.6. The number of carbonyl (C=O) groups is 1. The second kappa shape index (κ2) is 5.85. The van der Waals surface area contributed by atoms with Crippen LogP contribution in [0, 0.1) is 17.5 Å². The van der Waals surface area contributed by atoms with Crippen LogP contribution in [-0.4, -0.2) is 10.2 Å². The Hall–Kier alpha value is -1.88. The summed E-state index contributed by atoms with van der Waals surface area (Å²) in [6.45, 7) is 1.38. The highest BCUT2D eigenvalue weighted by atomic mass is 35.5. The van der Waals surface area contributed by atoms with Crippen LogP contribution >= 0.6 is 11.6 Å². The molecule has 0 aliphatic carbocycles. The number of benzene rings is 1. The molecule has 0 N–H and O–H groups in total. The van der Waals surface area contributed by atoms with E-state index in [9.17, 15) is 18.0 Å². The Morgan fingerprint density at radius 2 is 1.95 bits per heavy atom. The summed E-state index contributed by atoms with van der Waals surface area (Å²) >= 11 is 5.59. The minimum atomic E-state index is -1.62. The molecule has 1 heterocycles. The first-order chi connectivity index (χ1) is 9.86. The van der Waals surface area contributed by atoms with E-state index in [0.29, 0.717) is 5.56 Å². The topological polar surface area (TPSA) is 30.0 Å². The largest absolute Gasteiger partial charge is 0.280 e. The SMILES string of the molecule is CC(Cc1cccnc1)(C(=O)Cl)c1ccc(F)c(F)c1F. The smallest absolute Gasteiger partial charge is 0.232 e. The number of halogens is 4. The molecule has 1 unspecified atom stereocenters. The van der Waals surface area contributed by atoms with Gasteiger partial charge >= 0.3 is 0 Å². The molecule has 110 valence electrons. The van der Waals surface area contributed by atoms with Gasteiger partial charge in [-0.2, -0.15) is 0 Å². The van der Waals surface area contributed by atoms with E-state index in [1.54, 1.807) is 18.3 Å². The van der Waals surface area contributed by atoms with Gasteiger partial charge in [0.1, 0.15) is 0 Å². The van der Waals surface area contributed by atoms with E-state index in [-0.39, 0.29) is 12.0 Å².